The van der Waals surface area contributed by atoms with Crippen molar-refractivity contribution in [2.24, 2.45) is 0 Å². The van der Waals surface area contributed by atoms with Crippen LogP contribution in [-0.4, -0.2) is 16.8 Å². The van der Waals surface area contributed by atoms with Gasteiger partial charge in [0.15, 0.2) is 0 Å². The first-order valence-electron chi connectivity index (χ1n) is 4.07. The molecule has 1 amide bonds. The Kier molecular flexibility index (Phi) is 1.46. The van der Waals surface area contributed by atoms with Crippen LogP contribution in [0.2, 0.25) is 0 Å². The highest BCUT2D eigenvalue weighted by molar-refractivity contribution is 5.97. The topological polar surface area (TPSA) is 33.5 Å². The molecule has 0 unspecified atom stereocenters. The minimum atomic E-state index is 0.0914. The smallest absolute Gasteiger partial charge is 0.258 e. The van der Waals surface area contributed by atoms with E-state index in [9.17, 15) is 4.79 Å². The van der Waals surface area contributed by atoms with Gasteiger partial charge in [0.25, 0.3) is 5.91 Å². The zero-order valence-electron chi connectivity index (χ0n) is 7.20. The van der Waals surface area contributed by atoms with Crippen molar-refractivity contribution in [3.05, 3.63) is 23.7 Å². The SMILES string of the molecule is CC(C)N1Cc2occc2C1=O. The first-order chi connectivity index (χ1) is 5.70. The van der Waals surface area contributed by atoms with Crippen LogP contribution in [0.4, 0.5) is 0 Å². The molecular formula is C9H11NO2. The van der Waals surface area contributed by atoms with Gasteiger partial charge in [-0.05, 0) is 19.9 Å². The molecule has 1 aromatic rings. The van der Waals surface area contributed by atoms with Gasteiger partial charge in [0.1, 0.15) is 5.76 Å². The standard InChI is InChI=1S/C9H11NO2/c1-6(2)10-5-8-7(9(10)11)3-4-12-8/h3-4,6H,5H2,1-2H3. The average molecular weight is 165 g/mol. The number of fused-ring (bicyclic) bond motifs is 1. The summed E-state index contributed by atoms with van der Waals surface area (Å²) in [6, 6.07) is 1.99. The number of carbonyl (C=O) groups excluding carboxylic acids is 1. The van der Waals surface area contributed by atoms with Crippen LogP contribution in [-0.2, 0) is 6.54 Å². The molecule has 3 nitrogen and oxygen atoms in total. The fourth-order valence-corrected chi connectivity index (χ4v) is 1.45. The van der Waals surface area contributed by atoms with Crippen molar-refractivity contribution in [1.29, 1.82) is 0 Å². The molecule has 12 heavy (non-hydrogen) atoms. The number of amides is 1. The van der Waals surface area contributed by atoms with Gasteiger partial charge in [-0.15, -0.1) is 0 Å². The van der Waals surface area contributed by atoms with E-state index in [0.717, 1.165) is 11.3 Å². The summed E-state index contributed by atoms with van der Waals surface area (Å²) in [5.74, 6) is 0.891. The number of hydrogen-bond donors (Lipinski definition) is 0. The number of furan rings is 1. The van der Waals surface area contributed by atoms with E-state index in [4.69, 9.17) is 4.42 Å². The maximum Gasteiger partial charge on any atom is 0.258 e. The van der Waals surface area contributed by atoms with Gasteiger partial charge in [-0.25, -0.2) is 0 Å². The Balaban J connectivity index is 2.33. The molecule has 64 valence electrons. The summed E-state index contributed by atoms with van der Waals surface area (Å²) < 4.78 is 5.16. The quantitative estimate of drug-likeness (QED) is 0.633. The summed E-state index contributed by atoms with van der Waals surface area (Å²) in [4.78, 5) is 13.4. The number of nitrogens with zero attached hydrogens (tertiary/aromatic N) is 1. The molecule has 1 aliphatic rings. The number of hydrogen-bond acceptors (Lipinski definition) is 2. The lowest BCUT2D eigenvalue weighted by molar-refractivity contribution is 0.0724. The minimum absolute atomic E-state index is 0.0914. The Hall–Kier alpha value is -1.25. The lowest BCUT2D eigenvalue weighted by Gasteiger charge is -2.19. The van der Waals surface area contributed by atoms with Gasteiger partial charge in [0.2, 0.25) is 0 Å². The lowest BCUT2D eigenvalue weighted by atomic mass is 10.3. The fraction of sp³-hybridized carbons (Fsp3) is 0.444. The van der Waals surface area contributed by atoms with Crippen LogP contribution in [0.3, 0.4) is 0 Å². The van der Waals surface area contributed by atoms with E-state index in [-0.39, 0.29) is 11.9 Å². The van der Waals surface area contributed by atoms with E-state index >= 15 is 0 Å². The molecule has 0 bridgehead atoms. The van der Waals surface area contributed by atoms with E-state index in [2.05, 4.69) is 0 Å². The van der Waals surface area contributed by atoms with Crippen molar-refractivity contribution in [3.8, 4) is 0 Å². The van der Waals surface area contributed by atoms with Crippen LogP contribution < -0.4 is 0 Å². The summed E-state index contributed by atoms with van der Waals surface area (Å²) in [5, 5.41) is 0. The molecule has 0 atom stereocenters. The molecule has 0 aliphatic carbocycles. The Morgan fingerprint density at radius 3 is 2.92 bits per heavy atom. The van der Waals surface area contributed by atoms with Gasteiger partial charge >= 0.3 is 0 Å². The molecule has 0 saturated carbocycles. The van der Waals surface area contributed by atoms with E-state index in [1.807, 2.05) is 13.8 Å². The van der Waals surface area contributed by atoms with Gasteiger partial charge in [-0.3, -0.25) is 4.79 Å². The van der Waals surface area contributed by atoms with Gasteiger partial charge in [-0.2, -0.15) is 0 Å². The molecule has 2 rings (SSSR count). The maximum absolute atomic E-state index is 11.6. The van der Waals surface area contributed by atoms with Gasteiger partial charge < -0.3 is 9.32 Å². The largest absolute Gasteiger partial charge is 0.467 e. The second-order valence-electron chi connectivity index (χ2n) is 3.28. The Labute approximate surface area is 71.0 Å². The Bertz CT molecular complexity index is 314. The average Bonchev–Trinajstić information content (AvgIpc) is 2.53. The van der Waals surface area contributed by atoms with E-state index in [0.29, 0.717) is 6.54 Å². The van der Waals surface area contributed by atoms with Crippen LogP contribution in [0.1, 0.15) is 30.0 Å². The zero-order valence-corrected chi connectivity index (χ0v) is 7.20. The highest BCUT2D eigenvalue weighted by Gasteiger charge is 2.31. The van der Waals surface area contributed by atoms with Crippen LogP contribution in [0.25, 0.3) is 0 Å². The first kappa shape index (κ1) is 7.40. The van der Waals surface area contributed by atoms with Crippen molar-refractivity contribution < 1.29 is 9.21 Å². The molecule has 0 radical (unpaired) electrons. The second kappa shape index (κ2) is 2.37. The van der Waals surface area contributed by atoms with Crippen molar-refractivity contribution in [3.63, 3.8) is 0 Å². The summed E-state index contributed by atoms with van der Waals surface area (Å²) in [6.07, 6.45) is 1.57. The van der Waals surface area contributed by atoms with Gasteiger partial charge in [0, 0.05) is 6.04 Å². The summed E-state index contributed by atoms with van der Waals surface area (Å²) in [6.45, 7) is 4.63. The van der Waals surface area contributed by atoms with Crippen LogP contribution in [0.15, 0.2) is 16.7 Å². The summed E-state index contributed by atoms with van der Waals surface area (Å²) >= 11 is 0. The van der Waals surface area contributed by atoms with Gasteiger partial charge in [0.05, 0.1) is 18.4 Å². The van der Waals surface area contributed by atoms with E-state index < -0.39 is 0 Å². The van der Waals surface area contributed by atoms with Crippen molar-refractivity contribution >= 4 is 5.91 Å². The maximum atomic E-state index is 11.6. The van der Waals surface area contributed by atoms with Crippen molar-refractivity contribution in [2.45, 2.75) is 26.4 Å². The molecule has 0 spiro atoms. The van der Waals surface area contributed by atoms with Crippen LogP contribution in [0.5, 0.6) is 0 Å². The summed E-state index contributed by atoms with van der Waals surface area (Å²) in [7, 11) is 0. The minimum Gasteiger partial charge on any atom is -0.467 e. The molecule has 3 heteroatoms. The Morgan fingerprint density at radius 1 is 1.58 bits per heavy atom. The number of carbonyl (C=O) groups is 1. The number of rotatable bonds is 1. The second-order valence-corrected chi connectivity index (χ2v) is 3.28. The Morgan fingerprint density at radius 2 is 2.33 bits per heavy atom. The lowest BCUT2D eigenvalue weighted by Crippen LogP contribution is -2.30. The third kappa shape index (κ3) is 0.858. The third-order valence-corrected chi connectivity index (χ3v) is 2.17. The van der Waals surface area contributed by atoms with Crippen molar-refractivity contribution in [2.75, 3.05) is 0 Å². The van der Waals surface area contributed by atoms with Crippen molar-refractivity contribution in [1.82, 2.24) is 4.90 Å². The molecular weight excluding hydrogens is 154 g/mol. The molecule has 0 fully saturated rings. The fourth-order valence-electron chi connectivity index (χ4n) is 1.45. The van der Waals surface area contributed by atoms with Crippen LogP contribution >= 0.6 is 0 Å². The highest BCUT2D eigenvalue weighted by atomic mass is 16.3. The summed E-state index contributed by atoms with van der Waals surface area (Å²) in [5.41, 5.74) is 0.726. The molecule has 0 N–H and O–H groups in total. The molecule has 1 aromatic heterocycles. The van der Waals surface area contributed by atoms with E-state index in [1.54, 1.807) is 17.2 Å². The normalized spacial score (nSPS) is 15.9. The molecule has 0 saturated heterocycles. The predicted molar refractivity (Wildman–Crippen MR) is 43.7 cm³/mol. The highest BCUT2D eigenvalue weighted by Crippen LogP contribution is 2.24. The van der Waals surface area contributed by atoms with Crippen LogP contribution in [0, 0.1) is 0 Å². The molecule has 1 aliphatic heterocycles. The van der Waals surface area contributed by atoms with Gasteiger partial charge in [-0.1, -0.05) is 0 Å². The molecule has 0 aromatic carbocycles. The monoisotopic (exact) mass is 165 g/mol. The molecule has 2 heterocycles. The predicted octanol–water partition coefficient (Wildman–Crippen LogP) is 1.64. The zero-order chi connectivity index (χ0) is 8.72. The third-order valence-electron chi connectivity index (χ3n) is 2.17. The first-order valence-corrected chi connectivity index (χ1v) is 4.07. The van der Waals surface area contributed by atoms with E-state index in [1.165, 1.54) is 0 Å².